The van der Waals surface area contributed by atoms with Crippen molar-refractivity contribution in [2.45, 2.75) is 31.0 Å². The summed E-state index contributed by atoms with van der Waals surface area (Å²) in [5.74, 6) is 0.704. The van der Waals surface area contributed by atoms with E-state index in [1.165, 1.54) is 0 Å². The van der Waals surface area contributed by atoms with Crippen LogP contribution in [-0.4, -0.2) is 89.4 Å². The van der Waals surface area contributed by atoms with Crippen LogP contribution in [0.15, 0.2) is 30.3 Å². The highest BCUT2D eigenvalue weighted by molar-refractivity contribution is 7.99. The molecule has 0 radical (unpaired) electrons. The standard InChI is InChI=1S/C21H27N5O4S/c27-18-15(7-4-8-22-18)24-19(28)17-11-25(20(29)14-5-2-1-3-6-14)9-10-26(17)21(30)16-12-31-13-23-16/h1-3,5-6,15-17,23H,4,7-13H2,(H,22,27)(H,24,28)/p+1/t15-,16-,17-/m0/s1. The number of rotatable bonds is 4. The fraction of sp³-hybridized carbons (Fsp3) is 0.524. The van der Waals surface area contributed by atoms with Crippen molar-refractivity contribution in [3.05, 3.63) is 35.9 Å². The lowest BCUT2D eigenvalue weighted by Gasteiger charge is -2.41. The first-order valence-corrected chi connectivity index (χ1v) is 11.8. The van der Waals surface area contributed by atoms with Crippen LogP contribution in [0.1, 0.15) is 23.2 Å². The molecule has 31 heavy (non-hydrogen) atoms. The van der Waals surface area contributed by atoms with Crippen LogP contribution < -0.4 is 16.0 Å². The van der Waals surface area contributed by atoms with Gasteiger partial charge in [-0.2, -0.15) is 0 Å². The second-order valence-electron chi connectivity index (χ2n) is 8.04. The number of thioether (sulfide) groups is 1. The summed E-state index contributed by atoms with van der Waals surface area (Å²) in [6.07, 6.45) is 1.36. The van der Waals surface area contributed by atoms with Gasteiger partial charge in [-0.1, -0.05) is 30.0 Å². The number of benzene rings is 1. The highest BCUT2D eigenvalue weighted by atomic mass is 32.2. The fourth-order valence-electron chi connectivity index (χ4n) is 4.23. The van der Waals surface area contributed by atoms with Gasteiger partial charge in [-0.3, -0.25) is 19.2 Å². The molecule has 0 saturated carbocycles. The van der Waals surface area contributed by atoms with Crippen LogP contribution in [0.25, 0.3) is 0 Å². The minimum Gasteiger partial charge on any atom is -0.354 e. The van der Waals surface area contributed by atoms with Crippen LogP contribution >= 0.6 is 11.8 Å². The van der Waals surface area contributed by atoms with Crippen LogP contribution in [0.5, 0.6) is 0 Å². The van der Waals surface area contributed by atoms with E-state index in [2.05, 4.69) is 10.6 Å². The lowest BCUT2D eigenvalue weighted by atomic mass is 10.0. The molecule has 0 bridgehead atoms. The number of carbonyl (C=O) groups is 4. The van der Waals surface area contributed by atoms with Crippen molar-refractivity contribution in [2.75, 3.05) is 37.8 Å². The summed E-state index contributed by atoms with van der Waals surface area (Å²) in [6, 6.07) is 7.29. The monoisotopic (exact) mass is 446 g/mol. The molecule has 0 aromatic heterocycles. The number of piperidine rings is 1. The lowest BCUT2D eigenvalue weighted by Crippen LogP contribution is -2.90. The Morgan fingerprint density at radius 3 is 2.68 bits per heavy atom. The number of nitrogens with zero attached hydrogens (tertiary/aromatic N) is 2. The predicted molar refractivity (Wildman–Crippen MR) is 115 cm³/mol. The minimum atomic E-state index is -0.817. The van der Waals surface area contributed by atoms with Gasteiger partial charge >= 0.3 is 0 Å². The number of piperazine rings is 1. The fourth-order valence-corrected chi connectivity index (χ4v) is 5.27. The molecule has 1 aromatic carbocycles. The number of hydrogen-bond acceptors (Lipinski definition) is 5. The maximum Gasteiger partial charge on any atom is 0.282 e. The number of hydrogen-bond donors (Lipinski definition) is 3. The van der Waals surface area contributed by atoms with Crippen molar-refractivity contribution in [1.29, 1.82) is 0 Å². The van der Waals surface area contributed by atoms with Crippen LogP contribution in [0.3, 0.4) is 0 Å². The number of nitrogens with two attached hydrogens (primary N) is 1. The van der Waals surface area contributed by atoms with Gasteiger partial charge in [0.2, 0.25) is 11.8 Å². The summed E-state index contributed by atoms with van der Waals surface area (Å²) in [5, 5.41) is 7.56. The first kappa shape index (κ1) is 21.6. The van der Waals surface area contributed by atoms with Crippen molar-refractivity contribution < 1.29 is 24.5 Å². The number of amides is 4. The smallest absolute Gasteiger partial charge is 0.282 e. The van der Waals surface area contributed by atoms with Gasteiger partial charge in [-0.15, -0.1) is 0 Å². The van der Waals surface area contributed by atoms with Gasteiger partial charge in [-0.25, -0.2) is 0 Å². The number of carbonyl (C=O) groups excluding carboxylic acids is 4. The summed E-state index contributed by atoms with van der Waals surface area (Å²) in [5.41, 5.74) is 0.550. The quantitative estimate of drug-likeness (QED) is 0.514. The average molecular weight is 447 g/mol. The Labute approximate surface area is 185 Å². The zero-order valence-corrected chi connectivity index (χ0v) is 18.1. The Morgan fingerprint density at radius 1 is 1.16 bits per heavy atom. The topological polar surface area (TPSA) is 115 Å². The first-order chi connectivity index (χ1) is 15.0. The second-order valence-corrected chi connectivity index (χ2v) is 9.11. The molecule has 0 unspecified atom stereocenters. The highest BCUT2D eigenvalue weighted by Gasteiger charge is 2.42. The van der Waals surface area contributed by atoms with Crippen molar-refractivity contribution >= 4 is 35.4 Å². The minimum absolute atomic E-state index is 0.0787. The molecule has 10 heteroatoms. The molecular weight excluding hydrogens is 418 g/mol. The average Bonchev–Trinajstić information content (AvgIpc) is 3.35. The molecule has 3 aliphatic heterocycles. The third-order valence-electron chi connectivity index (χ3n) is 5.99. The molecule has 0 spiro atoms. The zero-order chi connectivity index (χ0) is 21.8. The predicted octanol–water partition coefficient (Wildman–Crippen LogP) is -1.63. The van der Waals surface area contributed by atoms with Crippen LogP contribution in [-0.2, 0) is 14.4 Å². The molecule has 0 aliphatic carbocycles. The second kappa shape index (κ2) is 9.69. The molecule has 1 aromatic rings. The van der Waals surface area contributed by atoms with Gasteiger partial charge in [0.15, 0.2) is 6.04 Å². The number of nitrogens with one attached hydrogen (secondary N) is 2. The largest absolute Gasteiger partial charge is 0.354 e. The summed E-state index contributed by atoms with van der Waals surface area (Å²) in [7, 11) is 0. The van der Waals surface area contributed by atoms with E-state index in [1.807, 2.05) is 11.4 Å². The zero-order valence-electron chi connectivity index (χ0n) is 17.3. The van der Waals surface area contributed by atoms with Crippen molar-refractivity contribution in [2.24, 2.45) is 0 Å². The molecule has 4 amide bonds. The maximum absolute atomic E-state index is 13.2. The summed E-state index contributed by atoms with van der Waals surface area (Å²) in [4.78, 5) is 54.6. The molecule has 3 saturated heterocycles. The van der Waals surface area contributed by atoms with E-state index < -0.39 is 12.1 Å². The molecule has 3 heterocycles. The highest BCUT2D eigenvalue weighted by Crippen LogP contribution is 2.17. The summed E-state index contributed by atoms with van der Waals surface area (Å²) in [6.45, 7) is 1.38. The Hall–Kier alpha value is -2.59. The van der Waals surface area contributed by atoms with Crippen LogP contribution in [0, 0.1) is 0 Å². The number of quaternary nitrogens is 1. The SMILES string of the molecule is O=C1NCCC[C@@H]1NC(=O)[C@@H]1CN(C(=O)c2ccccc2)CCN1C(=O)[C@@H]1CSC[NH2+]1. The van der Waals surface area contributed by atoms with Gasteiger partial charge in [0.05, 0.1) is 12.3 Å². The molecule has 3 aliphatic rings. The molecule has 9 nitrogen and oxygen atoms in total. The van der Waals surface area contributed by atoms with E-state index in [-0.39, 0.29) is 36.2 Å². The Bertz CT molecular complexity index is 845. The summed E-state index contributed by atoms with van der Waals surface area (Å²) < 4.78 is 0. The van der Waals surface area contributed by atoms with Gasteiger partial charge in [0.25, 0.3) is 11.8 Å². The van der Waals surface area contributed by atoms with Gasteiger partial charge in [0, 0.05) is 25.2 Å². The van der Waals surface area contributed by atoms with E-state index in [4.69, 9.17) is 0 Å². The van der Waals surface area contributed by atoms with Crippen LogP contribution in [0.2, 0.25) is 0 Å². The molecule has 4 rings (SSSR count). The molecule has 166 valence electrons. The first-order valence-electron chi connectivity index (χ1n) is 10.7. The van der Waals surface area contributed by atoms with Crippen molar-refractivity contribution in [3.63, 3.8) is 0 Å². The van der Waals surface area contributed by atoms with Crippen molar-refractivity contribution in [1.82, 2.24) is 20.4 Å². The lowest BCUT2D eigenvalue weighted by molar-refractivity contribution is -0.649. The Morgan fingerprint density at radius 2 is 1.97 bits per heavy atom. The van der Waals surface area contributed by atoms with Gasteiger partial charge in [-0.05, 0) is 25.0 Å². The maximum atomic E-state index is 13.2. The van der Waals surface area contributed by atoms with Gasteiger partial charge < -0.3 is 25.8 Å². The van der Waals surface area contributed by atoms with E-state index in [9.17, 15) is 19.2 Å². The Balaban J connectivity index is 1.51. The Kier molecular flexibility index (Phi) is 6.77. The molecule has 3 fully saturated rings. The third-order valence-corrected chi connectivity index (χ3v) is 7.01. The van der Waals surface area contributed by atoms with Crippen LogP contribution in [0.4, 0.5) is 0 Å². The molecule has 3 atom stereocenters. The van der Waals surface area contributed by atoms with E-state index in [1.54, 1.807) is 45.8 Å². The van der Waals surface area contributed by atoms with E-state index in [0.717, 1.165) is 12.3 Å². The molecular formula is C21H28N5O4S+. The van der Waals surface area contributed by atoms with E-state index >= 15 is 0 Å². The van der Waals surface area contributed by atoms with E-state index in [0.29, 0.717) is 37.4 Å². The third kappa shape index (κ3) is 4.85. The summed E-state index contributed by atoms with van der Waals surface area (Å²) >= 11 is 1.69. The van der Waals surface area contributed by atoms with Gasteiger partial charge in [0.1, 0.15) is 18.0 Å². The molecule has 4 N–H and O–H groups in total. The van der Waals surface area contributed by atoms with Crippen molar-refractivity contribution in [3.8, 4) is 0 Å². The normalized spacial score (nSPS) is 26.3.